The summed E-state index contributed by atoms with van der Waals surface area (Å²) in [5.74, 6) is 2.99. The van der Waals surface area contributed by atoms with Crippen LogP contribution in [0, 0.1) is 5.92 Å². The highest BCUT2D eigenvalue weighted by Gasteiger charge is 2.44. The molecule has 5 rings (SSSR count). The van der Waals surface area contributed by atoms with Crippen molar-refractivity contribution in [3.8, 4) is 0 Å². The molecule has 4 aliphatic rings. The summed E-state index contributed by atoms with van der Waals surface area (Å²) in [4.78, 5) is 19.8. The first-order valence-electron chi connectivity index (χ1n) is 9.84. The first-order valence-corrected chi connectivity index (χ1v) is 9.84. The minimum atomic E-state index is 0.190. The number of carbonyl (C=O) groups excluding carboxylic acids is 1. The van der Waals surface area contributed by atoms with Gasteiger partial charge in [-0.15, -0.1) is 0 Å². The van der Waals surface area contributed by atoms with E-state index in [1.165, 1.54) is 6.42 Å². The maximum Gasteiger partial charge on any atom is 0.227 e. The molecule has 7 heteroatoms. The van der Waals surface area contributed by atoms with E-state index in [1.807, 2.05) is 4.68 Å². The van der Waals surface area contributed by atoms with E-state index < -0.39 is 0 Å². The summed E-state index contributed by atoms with van der Waals surface area (Å²) in [5, 5.41) is 8.35. The Bertz CT molecular complexity index is 628. The van der Waals surface area contributed by atoms with Crippen LogP contribution in [0.4, 0.5) is 0 Å². The minimum Gasteiger partial charge on any atom is -0.381 e. The van der Waals surface area contributed by atoms with Crippen molar-refractivity contribution in [2.45, 2.75) is 63.1 Å². The lowest BCUT2D eigenvalue weighted by Gasteiger charge is -2.27. The Hall–Kier alpha value is -1.47. The fourth-order valence-corrected chi connectivity index (χ4v) is 5.00. The molecule has 0 spiro atoms. The van der Waals surface area contributed by atoms with Gasteiger partial charge >= 0.3 is 0 Å². The van der Waals surface area contributed by atoms with Gasteiger partial charge in [0.25, 0.3) is 0 Å². The van der Waals surface area contributed by atoms with Gasteiger partial charge in [0.05, 0.1) is 12.5 Å². The Labute approximate surface area is 148 Å². The Morgan fingerprint density at radius 2 is 2.00 bits per heavy atom. The zero-order valence-corrected chi connectivity index (χ0v) is 14.7. The van der Waals surface area contributed by atoms with Gasteiger partial charge in [-0.25, -0.2) is 9.67 Å². The Morgan fingerprint density at radius 1 is 1.12 bits per heavy atom. The first-order chi connectivity index (χ1) is 12.3. The molecule has 3 fully saturated rings. The topological polar surface area (TPSA) is 72.3 Å². The highest BCUT2D eigenvalue weighted by molar-refractivity contribution is 5.80. The molecule has 0 saturated carbocycles. The number of fused-ring (bicyclic) bond motifs is 3. The molecular formula is C18H27N5O2. The molecule has 3 atom stereocenters. The van der Waals surface area contributed by atoms with Crippen LogP contribution in [0.1, 0.15) is 49.7 Å². The number of nitrogens with one attached hydrogen (secondary N) is 1. The molecule has 3 saturated heterocycles. The average molecular weight is 345 g/mol. The lowest BCUT2D eigenvalue weighted by atomic mass is 9.88. The second-order valence-electron chi connectivity index (χ2n) is 7.96. The van der Waals surface area contributed by atoms with Crippen molar-refractivity contribution in [3.63, 3.8) is 0 Å². The second kappa shape index (κ2) is 6.36. The molecule has 1 N–H and O–H groups in total. The van der Waals surface area contributed by atoms with Gasteiger partial charge in [0.15, 0.2) is 5.82 Å². The first kappa shape index (κ1) is 15.8. The van der Waals surface area contributed by atoms with Crippen LogP contribution < -0.4 is 5.32 Å². The zero-order chi connectivity index (χ0) is 16.8. The lowest BCUT2D eigenvalue weighted by Crippen LogP contribution is -2.42. The fraction of sp³-hybridized carbons (Fsp3) is 0.833. The van der Waals surface area contributed by atoms with Gasteiger partial charge in [0.2, 0.25) is 5.91 Å². The highest BCUT2D eigenvalue weighted by Crippen LogP contribution is 2.34. The Balaban J connectivity index is 1.25. The van der Waals surface area contributed by atoms with Crippen LogP contribution in [0.3, 0.4) is 0 Å². The summed E-state index contributed by atoms with van der Waals surface area (Å²) < 4.78 is 7.48. The maximum absolute atomic E-state index is 13.0. The van der Waals surface area contributed by atoms with E-state index in [0.717, 1.165) is 76.6 Å². The van der Waals surface area contributed by atoms with Gasteiger partial charge in [-0.05, 0) is 32.1 Å². The van der Waals surface area contributed by atoms with Crippen molar-refractivity contribution in [1.82, 2.24) is 25.0 Å². The minimum absolute atomic E-state index is 0.190. The number of hydrogen-bond donors (Lipinski definition) is 1. The third-order valence-corrected chi connectivity index (χ3v) is 6.47. The SMILES string of the molecule is O=C([C@H]1C[C@H]2CC[C@@H]1N2)N1CCc2nc(C3CCOCC3)nn2CC1. The summed E-state index contributed by atoms with van der Waals surface area (Å²) >= 11 is 0. The van der Waals surface area contributed by atoms with Gasteiger partial charge in [-0.2, -0.15) is 5.10 Å². The van der Waals surface area contributed by atoms with Crippen LogP contribution in [0.25, 0.3) is 0 Å². The van der Waals surface area contributed by atoms with Crippen molar-refractivity contribution in [1.29, 1.82) is 0 Å². The van der Waals surface area contributed by atoms with E-state index >= 15 is 0 Å². The smallest absolute Gasteiger partial charge is 0.227 e. The number of amides is 1. The molecule has 1 amide bonds. The van der Waals surface area contributed by atoms with E-state index in [1.54, 1.807) is 0 Å². The summed E-state index contributed by atoms with van der Waals surface area (Å²) in [6.07, 6.45) is 6.28. The molecule has 1 aromatic rings. The average Bonchev–Trinajstić information content (AvgIpc) is 3.35. The normalized spacial score (nSPS) is 32.6. The van der Waals surface area contributed by atoms with Gasteiger partial charge in [0.1, 0.15) is 5.82 Å². The molecule has 7 nitrogen and oxygen atoms in total. The Kier molecular flexibility index (Phi) is 4.01. The summed E-state index contributed by atoms with van der Waals surface area (Å²) in [6, 6.07) is 0.987. The number of carbonyl (C=O) groups is 1. The molecule has 0 unspecified atom stereocenters. The highest BCUT2D eigenvalue weighted by atomic mass is 16.5. The van der Waals surface area contributed by atoms with Gasteiger partial charge in [-0.3, -0.25) is 4.79 Å². The predicted molar refractivity (Wildman–Crippen MR) is 91.2 cm³/mol. The number of rotatable bonds is 2. The largest absolute Gasteiger partial charge is 0.381 e. The second-order valence-corrected chi connectivity index (χ2v) is 7.96. The third-order valence-electron chi connectivity index (χ3n) is 6.47. The maximum atomic E-state index is 13.0. The standard InChI is InChI=1S/C18H27N5O2/c24-18(14-11-13-1-2-15(14)19-13)22-6-3-16-20-17(21-23(16)8-7-22)12-4-9-25-10-5-12/h12-15,19H,1-11H2/t13-,14+,15+/m1/s1. The number of nitrogens with zero attached hydrogens (tertiary/aromatic N) is 4. The van der Waals surface area contributed by atoms with Crippen molar-refractivity contribution in [2.24, 2.45) is 5.92 Å². The summed E-state index contributed by atoms with van der Waals surface area (Å²) in [7, 11) is 0. The van der Waals surface area contributed by atoms with Crippen molar-refractivity contribution in [3.05, 3.63) is 11.6 Å². The van der Waals surface area contributed by atoms with Crippen LogP contribution in [0.5, 0.6) is 0 Å². The molecule has 0 radical (unpaired) electrons. The summed E-state index contributed by atoms with van der Waals surface area (Å²) in [6.45, 7) is 3.93. The molecule has 25 heavy (non-hydrogen) atoms. The van der Waals surface area contributed by atoms with E-state index in [2.05, 4.69) is 10.2 Å². The molecule has 0 aromatic carbocycles. The van der Waals surface area contributed by atoms with E-state index in [-0.39, 0.29) is 5.92 Å². The third kappa shape index (κ3) is 2.87. The molecule has 0 aliphatic carbocycles. The molecule has 1 aromatic heterocycles. The van der Waals surface area contributed by atoms with Gasteiger partial charge < -0.3 is 15.0 Å². The van der Waals surface area contributed by atoms with Crippen molar-refractivity contribution >= 4 is 5.91 Å². The zero-order valence-electron chi connectivity index (χ0n) is 14.7. The fourth-order valence-electron chi connectivity index (χ4n) is 5.00. The lowest BCUT2D eigenvalue weighted by molar-refractivity contribution is -0.136. The molecule has 136 valence electrons. The number of ether oxygens (including phenoxy) is 1. The van der Waals surface area contributed by atoms with Crippen LogP contribution in [-0.2, 0) is 22.5 Å². The van der Waals surface area contributed by atoms with Crippen LogP contribution in [0.15, 0.2) is 0 Å². The van der Waals surface area contributed by atoms with Crippen molar-refractivity contribution in [2.75, 3.05) is 26.3 Å². The van der Waals surface area contributed by atoms with Crippen LogP contribution in [-0.4, -0.2) is 64.0 Å². The van der Waals surface area contributed by atoms with Crippen molar-refractivity contribution < 1.29 is 9.53 Å². The molecule has 5 heterocycles. The number of aromatic nitrogens is 3. The van der Waals surface area contributed by atoms with Crippen LogP contribution >= 0.6 is 0 Å². The monoisotopic (exact) mass is 345 g/mol. The molecule has 4 aliphatic heterocycles. The summed E-state index contributed by atoms with van der Waals surface area (Å²) in [5.41, 5.74) is 0. The van der Waals surface area contributed by atoms with E-state index in [0.29, 0.717) is 23.9 Å². The Morgan fingerprint density at radius 3 is 2.76 bits per heavy atom. The molecule has 2 bridgehead atoms. The van der Waals surface area contributed by atoms with E-state index in [9.17, 15) is 4.79 Å². The molecular weight excluding hydrogens is 318 g/mol. The van der Waals surface area contributed by atoms with Gasteiger partial charge in [-0.1, -0.05) is 0 Å². The quantitative estimate of drug-likeness (QED) is 0.854. The predicted octanol–water partition coefficient (Wildman–Crippen LogP) is 0.697. The number of hydrogen-bond acceptors (Lipinski definition) is 5. The van der Waals surface area contributed by atoms with Crippen LogP contribution in [0.2, 0.25) is 0 Å². The van der Waals surface area contributed by atoms with E-state index in [4.69, 9.17) is 14.8 Å². The van der Waals surface area contributed by atoms with Gasteiger partial charge in [0, 0.05) is 50.7 Å².